The van der Waals surface area contributed by atoms with Gasteiger partial charge in [-0.3, -0.25) is 19.0 Å². The van der Waals surface area contributed by atoms with Crippen molar-refractivity contribution in [1.82, 2.24) is 24.5 Å². The summed E-state index contributed by atoms with van der Waals surface area (Å²) in [6.07, 6.45) is -3.31. The van der Waals surface area contributed by atoms with E-state index in [1.807, 2.05) is 6.92 Å². The number of nitrogens with one attached hydrogen (secondary N) is 1. The molecule has 0 spiro atoms. The van der Waals surface area contributed by atoms with Gasteiger partial charge in [0.1, 0.15) is 15.4 Å². The van der Waals surface area contributed by atoms with E-state index in [2.05, 4.69) is 20.5 Å². The number of carbonyl (C=O) groups is 2. The van der Waals surface area contributed by atoms with Crippen molar-refractivity contribution in [3.8, 4) is 11.1 Å². The number of primary amides is 1. The summed E-state index contributed by atoms with van der Waals surface area (Å²) in [5.41, 5.74) is 6.95. The van der Waals surface area contributed by atoms with Crippen molar-refractivity contribution >= 4 is 39.1 Å². The van der Waals surface area contributed by atoms with E-state index in [1.165, 1.54) is 10.9 Å². The minimum absolute atomic E-state index is 0.00465. The topological polar surface area (TPSA) is 121 Å². The number of anilines is 1. The number of halogens is 3. The molecule has 3 N–H and O–H groups in total. The largest absolute Gasteiger partial charge is 0.433 e. The van der Waals surface area contributed by atoms with E-state index in [9.17, 15) is 22.8 Å². The number of thiophene rings is 1. The Bertz CT molecular complexity index is 1500. The van der Waals surface area contributed by atoms with Crippen LogP contribution in [0.3, 0.4) is 0 Å². The molecule has 0 bridgehead atoms. The number of hydrogen-bond donors (Lipinski definition) is 2. The molecule has 0 radical (unpaired) electrons. The molecule has 4 aromatic heterocycles. The average Bonchev–Trinajstić information content (AvgIpc) is 3.40. The van der Waals surface area contributed by atoms with Crippen molar-refractivity contribution in [3.63, 3.8) is 0 Å². The molecule has 9 nitrogen and oxygen atoms in total. The molecule has 4 rings (SSSR count). The number of hydrogen-bond acceptors (Lipinski definition) is 6. The summed E-state index contributed by atoms with van der Waals surface area (Å²) < 4.78 is 44.2. The molecule has 0 unspecified atom stereocenters. The number of carbonyl (C=O) groups excluding carboxylic acids is 2. The molecule has 0 atom stereocenters. The SMILES string of the molecule is CCn1nc(C)c(C(=O)Nc2c(C(N)=O)sc3nc(C(F)(F)F)cc(-c4cnn(C)c4C)c23)c1C. The molecule has 13 heteroatoms. The second-order valence-electron chi connectivity index (χ2n) is 7.99. The Labute approximate surface area is 201 Å². The molecule has 0 aliphatic rings. The number of pyridine rings is 1. The molecular formula is C22H22F3N7O2S. The maximum atomic E-state index is 13.7. The van der Waals surface area contributed by atoms with Gasteiger partial charge in [-0.05, 0) is 39.3 Å². The Morgan fingerprint density at radius 1 is 1.17 bits per heavy atom. The van der Waals surface area contributed by atoms with E-state index in [0.717, 1.165) is 6.07 Å². The molecule has 184 valence electrons. The maximum absolute atomic E-state index is 13.7. The van der Waals surface area contributed by atoms with Crippen LogP contribution in [0.25, 0.3) is 21.3 Å². The van der Waals surface area contributed by atoms with Gasteiger partial charge in [-0.1, -0.05) is 0 Å². The van der Waals surface area contributed by atoms with Crippen LogP contribution in [0.5, 0.6) is 0 Å². The second kappa shape index (κ2) is 8.48. The van der Waals surface area contributed by atoms with Gasteiger partial charge in [0, 0.05) is 35.9 Å². The number of rotatable bonds is 5. The van der Waals surface area contributed by atoms with Gasteiger partial charge < -0.3 is 11.1 Å². The highest BCUT2D eigenvalue weighted by Crippen LogP contribution is 2.44. The third-order valence-corrected chi connectivity index (χ3v) is 6.95. The number of fused-ring (bicyclic) bond motifs is 1. The van der Waals surface area contributed by atoms with Gasteiger partial charge >= 0.3 is 6.18 Å². The van der Waals surface area contributed by atoms with Crippen LogP contribution in [0, 0.1) is 20.8 Å². The Kier molecular flexibility index (Phi) is 5.91. The van der Waals surface area contributed by atoms with Crippen LogP contribution in [-0.4, -0.2) is 36.4 Å². The molecule has 35 heavy (non-hydrogen) atoms. The fourth-order valence-electron chi connectivity index (χ4n) is 4.02. The average molecular weight is 506 g/mol. The lowest BCUT2D eigenvalue weighted by atomic mass is 10.0. The van der Waals surface area contributed by atoms with E-state index in [1.54, 1.807) is 32.5 Å². The highest BCUT2D eigenvalue weighted by Gasteiger charge is 2.35. The lowest BCUT2D eigenvalue weighted by molar-refractivity contribution is -0.140. The van der Waals surface area contributed by atoms with E-state index >= 15 is 0 Å². The molecule has 4 aromatic rings. The summed E-state index contributed by atoms with van der Waals surface area (Å²) in [6, 6.07) is 0.894. The third kappa shape index (κ3) is 4.05. The van der Waals surface area contributed by atoms with Gasteiger partial charge in [-0.25, -0.2) is 4.98 Å². The van der Waals surface area contributed by atoms with Crippen LogP contribution >= 0.6 is 11.3 Å². The van der Waals surface area contributed by atoms with Crippen LogP contribution in [0.4, 0.5) is 18.9 Å². The lowest BCUT2D eigenvalue weighted by Crippen LogP contribution is -2.18. The normalized spacial score (nSPS) is 11.9. The Morgan fingerprint density at radius 3 is 2.37 bits per heavy atom. The highest BCUT2D eigenvalue weighted by molar-refractivity contribution is 7.21. The Hall–Kier alpha value is -3.74. The zero-order valence-corrected chi connectivity index (χ0v) is 20.4. The smallest absolute Gasteiger partial charge is 0.365 e. The number of aromatic nitrogens is 5. The maximum Gasteiger partial charge on any atom is 0.433 e. The Morgan fingerprint density at radius 2 is 1.86 bits per heavy atom. The van der Waals surface area contributed by atoms with Gasteiger partial charge in [0.15, 0.2) is 0 Å². The van der Waals surface area contributed by atoms with Gasteiger partial charge in [-0.2, -0.15) is 23.4 Å². The molecular weight excluding hydrogens is 483 g/mol. The van der Waals surface area contributed by atoms with Crippen LogP contribution in [0.1, 0.15) is 49.7 Å². The molecule has 4 heterocycles. The first-order valence-corrected chi connectivity index (χ1v) is 11.4. The lowest BCUT2D eigenvalue weighted by Gasteiger charge is -2.12. The Balaban J connectivity index is 2.01. The molecule has 2 amide bonds. The van der Waals surface area contributed by atoms with Crippen molar-refractivity contribution in [1.29, 1.82) is 0 Å². The number of aryl methyl sites for hydroxylation is 3. The molecule has 0 fully saturated rings. The summed E-state index contributed by atoms with van der Waals surface area (Å²) >= 11 is 0.691. The standard InChI is InChI=1S/C22H22F3N7O2S/c1-6-32-11(4)15(9(2)30-32)20(34)29-17-16-12(13-8-27-31(5)10(13)3)7-14(22(23,24)25)28-21(16)35-18(17)19(26)33/h7-8H,6H2,1-5H3,(H2,26,33)(H,29,34). The number of alkyl halides is 3. The molecule has 0 saturated carbocycles. The fraction of sp³-hybridized carbons (Fsp3) is 0.318. The highest BCUT2D eigenvalue weighted by atomic mass is 32.1. The summed E-state index contributed by atoms with van der Waals surface area (Å²) in [7, 11) is 1.66. The van der Waals surface area contributed by atoms with Gasteiger partial charge in [0.05, 0.1) is 23.1 Å². The van der Waals surface area contributed by atoms with E-state index in [0.29, 0.717) is 46.1 Å². The van der Waals surface area contributed by atoms with E-state index in [4.69, 9.17) is 5.73 Å². The van der Waals surface area contributed by atoms with Crippen molar-refractivity contribution in [2.45, 2.75) is 40.4 Å². The predicted octanol–water partition coefficient (Wildman–Crippen LogP) is 4.21. The van der Waals surface area contributed by atoms with Crippen LogP contribution in [0.15, 0.2) is 12.3 Å². The molecule has 0 aromatic carbocycles. The first-order valence-electron chi connectivity index (χ1n) is 10.5. The van der Waals surface area contributed by atoms with Gasteiger partial charge in [-0.15, -0.1) is 11.3 Å². The van der Waals surface area contributed by atoms with Crippen LogP contribution in [0.2, 0.25) is 0 Å². The fourth-order valence-corrected chi connectivity index (χ4v) is 5.03. The first-order chi connectivity index (χ1) is 16.3. The molecule has 0 saturated heterocycles. The monoisotopic (exact) mass is 505 g/mol. The van der Waals surface area contributed by atoms with Crippen molar-refractivity contribution in [2.75, 3.05) is 5.32 Å². The van der Waals surface area contributed by atoms with Crippen molar-refractivity contribution < 1.29 is 22.8 Å². The first kappa shape index (κ1) is 24.4. The number of amides is 2. The molecule has 0 aliphatic heterocycles. The van der Waals surface area contributed by atoms with Crippen molar-refractivity contribution in [2.24, 2.45) is 12.8 Å². The second-order valence-corrected chi connectivity index (χ2v) is 8.99. The van der Waals surface area contributed by atoms with Crippen LogP contribution < -0.4 is 11.1 Å². The summed E-state index contributed by atoms with van der Waals surface area (Å²) in [5, 5.41) is 11.4. The van der Waals surface area contributed by atoms with E-state index < -0.39 is 23.7 Å². The quantitative estimate of drug-likeness (QED) is 0.421. The number of nitrogens with zero attached hydrogens (tertiary/aromatic N) is 5. The minimum Gasteiger partial charge on any atom is -0.365 e. The van der Waals surface area contributed by atoms with E-state index in [-0.39, 0.29) is 26.3 Å². The zero-order chi connectivity index (χ0) is 25.8. The summed E-state index contributed by atoms with van der Waals surface area (Å²) in [4.78, 5) is 29.2. The minimum atomic E-state index is -4.73. The number of nitrogens with two attached hydrogens (primary N) is 1. The van der Waals surface area contributed by atoms with Gasteiger partial charge in [0.2, 0.25) is 0 Å². The molecule has 0 aliphatic carbocycles. The summed E-state index contributed by atoms with van der Waals surface area (Å²) in [6.45, 7) is 7.54. The van der Waals surface area contributed by atoms with Gasteiger partial charge in [0.25, 0.3) is 11.8 Å². The third-order valence-electron chi connectivity index (χ3n) is 5.85. The predicted molar refractivity (Wildman–Crippen MR) is 125 cm³/mol. The van der Waals surface area contributed by atoms with Crippen molar-refractivity contribution in [3.05, 3.63) is 45.5 Å². The summed E-state index contributed by atoms with van der Waals surface area (Å²) in [5.74, 6) is -1.46. The van der Waals surface area contributed by atoms with Crippen LogP contribution in [-0.2, 0) is 19.8 Å². The zero-order valence-electron chi connectivity index (χ0n) is 19.5.